The molecule has 2 N–H and O–H groups in total. The van der Waals surface area contributed by atoms with Crippen LogP contribution in [0.1, 0.15) is 38.1 Å². The number of nitrogens with one attached hydrogen (secondary N) is 2. The zero-order valence-corrected chi connectivity index (χ0v) is 15.3. The van der Waals surface area contributed by atoms with Crippen molar-refractivity contribution in [1.29, 1.82) is 0 Å². The molecular formula is C20H22N2O4. The van der Waals surface area contributed by atoms with E-state index in [1.165, 1.54) is 13.0 Å². The number of ether oxygens (including phenoxy) is 1. The molecule has 2 rings (SSSR count). The van der Waals surface area contributed by atoms with Crippen molar-refractivity contribution in [3.8, 4) is 5.75 Å². The van der Waals surface area contributed by atoms with Crippen LogP contribution in [0.4, 0.5) is 11.4 Å². The van der Waals surface area contributed by atoms with Crippen LogP contribution in [-0.2, 0) is 9.59 Å². The number of benzene rings is 2. The molecule has 2 amide bonds. The number of hydrogen-bond acceptors (Lipinski definition) is 4. The molecule has 2 aromatic rings. The Bertz CT molecular complexity index is 838. The number of para-hydroxylation sites is 2. The summed E-state index contributed by atoms with van der Waals surface area (Å²) in [7, 11) is 0. The van der Waals surface area contributed by atoms with E-state index in [4.69, 9.17) is 4.74 Å². The number of esters is 1. The first-order valence-corrected chi connectivity index (χ1v) is 8.17. The second-order valence-electron chi connectivity index (χ2n) is 6.83. The van der Waals surface area contributed by atoms with E-state index in [9.17, 15) is 14.4 Å². The van der Waals surface area contributed by atoms with Gasteiger partial charge in [-0.3, -0.25) is 14.4 Å². The highest BCUT2D eigenvalue weighted by Gasteiger charge is 2.22. The molecule has 0 aliphatic heterocycles. The number of amides is 2. The third kappa shape index (κ3) is 5.17. The molecule has 0 bridgehead atoms. The molecule has 6 nitrogen and oxygen atoms in total. The van der Waals surface area contributed by atoms with Gasteiger partial charge in [0.15, 0.2) is 0 Å². The molecule has 0 unspecified atom stereocenters. The highest BCUT2D eigenvalue weighted by Crippen LogP contribution is 2.25. The predicted molar refractivity (Wildman–Crippen MR) is 100 cm³/mol. The molecule has 0 heterocycles. The van der Waals surface area contributed by atoms with Gasteiger partial charge in [-0.25, -0.2) is 0 Å². The highest BCUT2D eigenvalue weighted by atomic mass is 16.5. The van der Waals surface area contributed by atoms with Crippen LogP contribution in [0.2, 0.25) is 0 Å². The fraction of sp³-hybridized carbons (Fsp3) is 0.250. The fourth-order valence-electron chi connectivity index (χ4n) is 2.07. The van der Waals surface area contributed by atoms with E-state index >= 15 is 0 Å². The van der Waals surface area contributed by atoms with E-state index in [0.29, 0.717) is 22.7 Å². The first kappa shape index (κ1) is 19.2. The smallest absolute Gasteiger partial charge is 0.308 e. The lowest BCUT2D eigenvalue weighted by atomic mass is 9.95. The molecule has 0 spiro atoms. The third-order valence-corrected chi connectivity index (χ3v) is 3.46. The minimum atomic E-state index is -0.560. The zero-order valence-electron chi connectivity index (χ0n) is 15.3. The van der Waals surface area contributed by atoms with E-state index < -0.39 is 11.4 Å². The molecule has 0 aliphatic carbocycles. The highest BCUT2D eigenvalue weighted by molar-refractivity contribution is 6.07. The maximum atomic E-state index is 12.5. The number of hydrogen-bond donors (Lipinski definition) is 2. The van der Waals surface area contributed by atoms with E-state index in [-0.39, 0.29) is 11.8 Å². The standard InChI is InChI=1S/C20H22N2O4/c1-13(23)26-15-9-7-8-14(12-15)18(24)21-16-10-5-6-11-17(16)22-19(25)20(2,3)4/h5-12H,1-4H3,(H,21,24)(H,22,25). The normalized spacial score (nSPS) is 10.8. The van der Waals surface area contributed by atoms with Crippen molar-refractivity contribution in [1.82, 2.24) is 0 Å². The van der Waals surface area contributed by atoms with Crippen LogP contribution in [0.5, 0.6) is 5.75 Å². The van der Waals surface area contributed by atoms with Gasteiger partial charge in [0.1, 0.15) is 5.75 Å². The topological polar surface area (TPSA) is 84.5 Å². The zero-order chi connectivity index (χ0) is 19.3. The number of rotatable bonds is 4. The van der Waals surface area contributed by atoms with Crippen molar-refractivity contribution < 1.29 is 19.1 Å². The number of anilines is 2. The Labute approximate surface area is 152 Å². The molecular weight excluding hydrogens is 332 g/mol. The Morgan fingerprint density at radius 2 is 1.50 bits per heavy atom. The van der Waals surface area contributed by atoms with Gasteiger partial charge in [0, 0.05) is 17.9 Å². The maximum Gasteiger partial charge on any atom is 0.308 e. The van der Waals surface area contributed by atoms with E-state index in [2.05, 4.69) is 10.6 Å². The van der Waals surface area contributed by atoms with Gasteiger partial charge >= 0.3 is 5.97 Å². The summed E-state index contributed by atoms with van der Waals surface area (Å²) in [5, 5.41) is 5.59. The van der Waals surface area contributed by atoms with Crippen molar-refractivity contribution >= 4 is 29.2 Å². The van der Waals surface area contributed by atoms with Gasteiger partial charge in [0.05, 0.1) is 11.4 Å². The molecule has 0 aromatic heterocycles. The van der Waals surface area contributed by atoms with Crippen molar-refractivity contribution in [2.75, 3.05) is 10.6 Å². The van der Waals surface area contributed by atoms with Gasteiger partial charge < -0.3 is 15.4 Å². The Balaban J connectivity index is 2.20. The monoisotopic (exact) mass is 354 g/mol. The summed E-state index contributed by atoms with van der Waals surface area (Å²) in [4.78, 5) is 35.8. The average Bonchev–Trinajstić information content (AvgIpc) is 2.55. The summed E-state index contributed by atoms with van der Waals surface area (Å²) in [6.45, 7) is 6.72. The van der Waals surface area contributed by atoms with Crippen molar-refractivity contribution in [3.05, 3.63) is 54.1 Å². The van der Waals surface area contributed by atoms with Crippen LogP contribution in [0.3, 0.4) is 0 Å². The van der Waals surface area contributed by atoms with Crippen LogP contribution in [0.25, 0.3) is 0 Å². The van der Waals surface area contributed by atoms with Crippen LogP contribution in [-0.4, -0.2) is 17.8 Å². The molecule has 0 fully saturated rings. The molecule has 136 valence electrons. The van der Waals surface area contributed by atoms with Crippen molar-refractivity contribution in [2.45, 2.75) is 27.7 Å². The SMILES string of the molecule is CC(=O)Oc1cccc(C(=O)Nc2ccccc2NC(=O)C(C)(C)C)c1. The summed E-state index contributed by atoms with van der Waals surface area (Å²) in [6, 6.07) is 13.3. The summed E-state index contributed by atoms with van der Waals surface area (Å²) >= 11 is 0. The van der Waals surface area contributed by atoms with Gasteiger partial charge in [-0.05, 0) is 30.3 Å². The Hall–Kier alpha value is -3.15. The van der Waals surface area contributed by atoms with Crippen LogP contribution >= 0.6 is 0 Å². The van der Waals surface area contributed by atoms with Crippen molar-refractivity contribution in [2.24, 2.45) is 5.41 Å². The van der Waals surface area contributed by atoms with Crippen LogP contribution in [0.15, 0.2) is 48.5 Å². The maximum absolute atomic E-state index is 12.5. The quantitative estimate of drug-likeness (QED) is 0.645. The summed E-state index contributed by atoms with van der Waals surface area (Å²) < 4.78 is 4.99. The van der Waals surface area contributed by atoms with Gasteiger partial charge in [-0.2, -0.15) is 0 Å². The Kier molecular flexibility index (Phi) is 5.77. The summed E-state index contributed by atoms with van der Waals surface area (Å²) in [6.07, 6.45) is 0. The Morgan fingerprint density at radius 3 is 2.08 bits per heavy atom. The number of carbonyl (C=O) groups is 3. The predicted octanol–water partition coefficient (Wildman–Crippen LogP) is 3.85. The number of carbonyl (C=O) groups excluding carboxylic acids is 3. The van der Waals surface area contributed by atoms with Gasteiger partial charge in [-0.1, -0.05) is 39.0 Å². The summed E-state index contributed by atoms with van der Waals surface area (Å²) in [5.74, 6) is -0.704. The van der Waals surface area contributed by atoms with E-state index in [1.54, 1.807) is 42.5 Å². The van der Waals surface area contributed by atoms with Gasteiger partial charge in [0.2, 0.25) is 5.91 Å². The van der Waals surface area contributed by atoms with Gasteiger partial charge in [0.25, 0.3) is 5.91 Å². The minimum absolute atomic E-state index is 0.156. The molecule has 6 heteroatoms. The third-order valence-electron chi connectivity index (χ3n) is 3.46. The fourth-order valence-corrected chi connectivity index (χ4v) is 2.07. The molecule has 2 aromatic carbocycles. The molecule has 0 aliphatic rings. The van der Waals surface area contributed by atoms with E-state index in [0.717, 1.165) is 0 Å². The van der Waals surface area contributed by atoms with Crippen LogP contribution in [0, 0.1) is 5.41 Å². The van der Waals surface area contributed by atoms with E-state index in [1.807, 2.05) is 20.8 Å². The minimum Gasteiger partial charge on any atom is -0.427 e. The molecule has 0 atom stereocenters. The van der Waals surface area contributed by atoms with Gasteiger partial charge in [-0.15, -0.1) is 0 Å². The second-order valence-corrected chi connectivity index (χ2v) is 6.83. The summed E-state index contributed by atoms with van der Waals surface area (Å²) in [5.41, 5.74) is 0.765. The second kappa shape index (κ2) is 7.82. The van der Waals surface area contributed by atoms with Crippen LogP contribution < -0.4 is 15.4 Å². The first-order chi connectivity index (χ1) is 12.2. The average molecular weight is 354 g/mol. The lowest BCUT2D eigenvalue weighted by Crippen LogP contribution is -2.28. The molecule has 0 saturated carbocycles. The largest absolute Gasteiger partial charge is 0.427 e. The lowest BCUT2D eigenvalue weighted by Gasteiger charge is -2.19. The first-order valence-electron chi connectivity index (χ1n) is 8.17. The molecule has 0 radical (unpaired) electrons. The molecule has 26 heavy (non-hydrogen) atoms. The Morgan fingerprint density at radius 1 is 0.885 bits per heavy atom. The molecule has 0 saturated heterocycles. The lowest BCUT2D eigenvalue weighted by molar-refractivity contribution is -0.131. The van der Waals surface area contributed by atoms with Crippen molar-refractivity contribution in [3.63, 3.8) is 0 Å².